The van der Waals surface area contributed by atoms with E-state index in [0.29, 0.717) is 13.1 Å². The fourth-order valence-electron chi connectivity index (χ4n) is 3.31. The SMILES string of the molecule is CC(=O)N1CCc2cc(N3CC(CS(=O)(=O)Cl)CC3=O)ccc21. The van der Waals surface area contributed by atoms with Crippen molar-refractivity contribution < 1.29 is 18.0 Å². The Balaban J connectivity index is 1.81. The maximum Gasteiger partial charge on any atom is 0.232 e. The molecule has 23 heavy (non-hydrogen) atoms. The fraction of sp³-hybridized carbons (Fsp3) is 0.467. The summed E-state index contributed by atoms with van der Waals surface area (Å²) in [5.74, 6) is -0.579. The molecular weight excluding hydrogens is 340 g/mol. The Labute approximate surface area is 139 Å². The molecule has 2 amide bonds. The normalized spacial score (nSPS) is 21.0. The van der Waals surface area contributed by atoms with Gasteiger partial charge in [0.25, 0.3) is 0 Å². The zero-order valence-corrected chi connectivity index (χ0v) is 14.2. The van der Waals surface area contributed by atoms with Crippen molar-refractivity contribution in [2.75, 3.05) is 28.6 Å². The van der Waals surface area contributed by atoms with Gasteiger partial charge in [-0.2, -0.15) is 0 Å². The summed E-state index contributed by atoms with van der Waals surface area (Å²) in [5.41, 5.74) is 2.65. The van der Waals surface area contributed by atoms with E-state index >= 15 is 0 Å². The first-order valence-corrected chi connectivity index (χ1v) is 9.86. The minimum atomic E-state index is -3.61. The second kappa shape index (κ2) is 5.79. The fourth-order valence-corrected chi connectivity index (χ4v) is 4.63. The molecule has 0 aromatic heterocycles. The molecule has 0 spiro atoms. The summed E-state index contributed by atoms with van der Waals surface area (Å²) in [6.45, 7) is 2.53. The van der Waals surface area contributed by atoms with Gasteiger partial charge in [0.15, 0.2) is 0 Å². The van der Waals surface area contributed by atoms with E-state index in [9.17, 15) is 18.0 Å². The highest BCUT2D eigenvalue weighted by Gasteiger charge is 2.34. The number of hydrogen-bond donors (Lipinski definition) is 0. The predicted octanol–water partition coefficient (Wildman–Crippen LogP) is 1.52. The van der Waals surface area contributed by atoms with Crippen LogP contribution in [0.5, 0.6) is 0 Å². The van der Waals surface area contributed by atoms with Crippen molar-refractivity contribution in [2.45, 2.75) is 19.8 Å². The lowest BCUT2D eigenvalue weighted by atomic mass is 10.1. The van der Waals surface area contributed by atoms with E-state index in [-0.39, 0.29) is 29.9 Å². The van der Waals surface area contributed by atoms with Gasteiger partial charge >= 0.3 is 0 Å². The standard InChI is InChI=1S/C15H17ClN2O4S/c1-10(19)17-5-4-12-7-13(2-3-14(12)17)18-8-11(6-15(18)20)9-23(16,21)22/h2-3,7,11H,4-6,8-9H2,1H3. The van der Waals surface area contributed by atoms with Crippen LogP contribution in [0.3, 0.4) is 0 Å². The molecule has 124 valence electrons. The maximum atomic E-state index is 12.2. The van der Waals surface area contributed by atoms with E-state index < -0.39 is 9.05 Å². The van der Waals surface area contributed by atoms with Crippen LogP contribution in [0.15, 0.2) is 18.2 Å². The number of carbonyl (C=O) groups excluding carboxylic acids is 2. The molecule has 0 N–H and O–H groups in total. The molecule has 6 nitrogen and oxygen atoms in total. The Morgan fingerprint density at radius 2 is 2.13 bits per heavy atom. The summed E-state index contributed by atoms with van der Waals surface area (Å²) in [7, 11) is 1.67. The van der Waals surface area contributed by atoms with Crippen LogP contribution in [0.1, 0.15) is 18.9 Å². The van der Waals surface area contributed by atoms with Crippen LogP contribution in [0.25, 0.3) is 0 Å². The van der Waals surface area contributed by atoms with Crippen molar-refractivity contribution in [1.82, 2.24) is 0 Å². The number of amides is 2. The van der Waals surface area contributed by atoms with Crippen molar-refractivity contribution in [3.63, 3.8) is 0 Å². The van der Waals surface area contributed by atoms with Gasteiger partial charge in [-0.05, 0) is 30.2 Å². The maximum absolute atomic E-state index is 12.2. The van der Waals surface area contributed by atoms with Gasteiger partial charge in [-0.1, -0.05) is 0 Å². The topological polar surface area (TPSA) is 74.8 Å². The van der Waals surface area contributed by atoms with Gasteiger partial charge in [-0.25, -0.2) is 8.42 Å². The molecule has 0 aliphatic carbocycles. The van der Waals surface area contributed by atoms with Gasteiger partial charge in [0, 0.05) is 54.4 Å². The van der Waals surface area contributed by atoms with Crippen LogP contribution in [0.4, 0.5) is 11.4 Å². The third-order valence-corrected chi connectivity index (χ3v) is 5.54. The van der Waals surface area contributed by atoms with E-state index in [1.807, 2.05) is 12.1 Å². The van der Waals surface area contributed by atoms with E-state index in [4.69, 9.17) is 10.7 Å². The van der Waals surface area contributed by atoms with Crippen molar-refractivity contribution in [2.24, 2.45) is 5.92 Å². The number of fused-ring (bicyclic) bond motifs is 1. The van der Waals surface area contributed by atoms with Gasteiger partial charge < -0.3 is 9.80 Å². The number of nitrogens with zero attached hydrogens (tertiary/aromatic N) is 2. The highest BCUT2D eigenvalue weighted by Crippen LogP contribution is 2.34. The number of halogens is 1. The van der Waals surface area contributed by atoms with Crippen LogP contribution in [0.2, 0.25) is 0 Å². The van der Waals surface area contributed by atoms with Gasteiger partial charge in [0.1, 0.15) is 0 Å². The molecule has 2 heterocycles. The van der Waals surface area contributed by atoms with Crippen molar-refractivity contribution in [3.8, 4) is 0 Å². The summed E-state index contributed by atoms with van der Waals surface area (Å²) in [6, 6.07) is 5.56. The smallest absolute Gasteiger partial charge is 0.232 e. The molecule has 1 atom stereocenters. The Kier molecular flexibility index (Phi) is 4.10. The van der Waals surface area contributed by atoms with Gasteiger partial charge in [-0.3, -0.25) is 9.59 Å². The monoisotopic (exact) mass is 356 g/mol. The third kappa shape index (κ3) is 3.35. The molecule has 1 unspecified atom stereocenters. The van der Waals surface area contributed by atoms with Crippen molar-refractivity contribution >= 4 is 42.9 Å². The molecule has 1 saturated heterocycles. The molecule has 0 radical (unpaired) electrons. The van der Waals surface area contributed by atoms with Crippen LogP contribution in [-0.4, -0.2) is 39.1 Å². The van der Waals surface area contributed by atoms with Crippen LogP contribution < -0.4 is 9.80 Å². The summed E-state index contributed by atoms with van der Waals surface area (Å²) in [5, 5.41) is 0. The minimum absolute atomic E-state index is 0.00105. The quantitative estimate of drug-likeness (QED) is 0.769. The van der Waals surface area contributed by atoms with Gasteiger partial charge in [0.05, 0.1) is 5.75 Å². The largest absolute Gasteiger partial charge is 0.312 e. The Morgan fingerprint density at radius 3 is 2.78 bits per heavy atom. The number of benzene rings is 1. The molecule has 1 aromatic carbocycles. The van der Waals surface area contributed by atoms with Crippen LogP contribution in [-0.2, 0) is 25.1 Å². The average Bonchev–Trinajstić information content (AvgIpc) is 2.99. The Bertz CT molecular complexity index is 778. The van der Waals surface area contributed by atoms with Crippen molar-refractivity contribution in [1.29, 1.82) is 0 Å². The van der Waals surface area contributed by atoms with E-state index in [0.717, 1.165) is 23.4 Å². The molecule has 1 aromatic rings. The zero-order chi connectivity index (χ0) is 16.8. The second-order valence-electron chi connectivity index (χ2n) is 6.01. The summed E-state index contributed by atoms with van der Waals surface area (Å²) >= 11 is 0. The minimum Gasteiger partial charge on any atom is -0.312 e. The summed E-state index contributed by atoms with van der Waals surface area (Å²) in [4.78, 5) is 27.1. The first-order valence-electron chi connectivity index (χ1n) is 7.38. The molecule has 2 aliphatic heterocycles. The zero-order valence-electron chi connectivity index (χ0n) is 12.7. The highest BCUT2D eigenvalue weighted by atomic mass is 35.7. The van der Waals surface area contributed by atoms with Crippen molar-refractivity contribution in [3.05, 3.63) is 23.8 Å². The molecule has 0 bridgehead atoms. The van der Waals surface area contributed by atoms with Gasteiger partial charge in [0.2, 0.25) is 20.9 Å². The van der Waals surface area contributed by atoms with E-state index in [1.54, 1.807) is 15.9 Å². The number of rotatable bonds is 3. The highest BCUT2D eigenvalue weighted by molar-refractivity contribution is 8.13. The second-order valence-corrected chi connectivity index (χ2v) is 8.84. The molecule has 8 heteroatoms. The van der Waals surface area contributed by atoms with E-state index in [2.05, 4.69) is 0 Å². The molecule has 1 fully saturated rings. The first-order chi connectivity index (χ1) is 10.7. The average molecular weight is 357 g/mol. The first kappa shape index (κ1) is 16.3. The molecule has 0 saturated carbocycles. The lowest BCUT2D eigenvalue weighted by Gasteiger charge is -2.19. The molecule has 3 rings (SSSR count). The third-order valence-electron chi connectivity index (χ3n) is 4.29. The number of anilines is 2. The number of carbonyl (C=O) groups is 2. The van der Waals surface area contributed by atoms with Gasteiger partial charge in [-0.15, -0.1) is 0 Å². The molecule has 2 aliphatic rings. The lowest BCUT2D eigenvalue weighted by Crippen LogP contribution is -2.26. The summed E-state index contributed by atoms with van der Waals surface area (Å²) in [6.07, 6.45) is 0.937. The molecular formula is C15H17ClN2O4S. The van der Waals surface area contributed by atoms with Crippen LogP contribution >= 0.6 is 10.7 Å². The number of hydrogen-bond acceptors (Lipinski definition) is 4. The Morgan fingerprint density at radius 1 is 1.39 bits per heavy atom. The van der Waals surface area contributed by atoms with E-state index in [1.165, 1.54) is 6.92 Å². The Hall–Kier alpha value is -1.60. The predicted molar refractivity (Wildman–Crippen MR) is 88.3 cm³/mol. The van der Waals surface area contributed by atoms with Crippen LogP contribution in [0, 0.1) is 5.92 Å². The summed E-state index contributed by atoms with van der Waals surface area (Å²) < 4.78 is 22.4. The lowest BCUT2D eigenvalue weighted by molar-refractivity contribution is -0.117.